The summed E-state index contributed by atoms with van der Waals surface area (Å²) in [7, 11) is 1.62. The monoisotopic (exact) mass is 492 g/mol. The largest absolute Gasteiger partial charge is 0.441 e. The quantitative estimate of drug-likeness (QED) is 0.382. The predicted molar refractivity (Wildman–Crippen MR) is 129 cm³/mol. The summed E-state index contributed by atoms with van der Waals surface area (Å²) in [6.45, 7) is 3.50. The van der Waals surface area contributed by atoms with Gasteiger partial charge in [0.15, 0.2) is 11.5 Å². The van der Waals surface area contributed by atoms with Gasteiger partial charge in [-0.25, -0.2) is 14.5 Å². The van der Waals surface area contributed by atoms with E-state index in [-0.39, 0.29) is 16.9 Å². The molecule has 0 spiro atoms. The van der Waals surface area contributed by atoms with Crippen molar-refractivity contribution in [3.8, 4) is 11.4 Å². The maximum Gasteiger partial charge on any atom is 0.413 e. The summed E-state index contributed by atoms with van der Waals surface area (Å²) in [5.41, 5.74) is 3.07. The fraction of sp³-hybridized carbons (Fsp3) is 0.174. The van der Waals surface area contributed by atoms with Crippen LogP contribution in [0.1, 0.15) is 34.6 Å². The van der Waals surface area contributed by atoms with Crippen molar-refractivity contribution in [1.29, 1.82) is 0 Å². The average Bonchev–Trinajstić information content (AvgIpc) is 3.19. The van der Waals surface area contributed by atoms with Gasteiger partial charge in [0.1, 0.15) is 11.3 Å². The minimum Gasteiger partial charge on any atom is -0.441 e. The molecule has 0 fully saturated rings. The molecule has 4 rings (SSSR count). The lowest BCUT2D eigenvalue weighted by atomic mass is 10.2. The van der Waals surface area contributed by atoms with Crippen molar-refractivity contribution >= 4 is 35.1 Å². The maximum atomic E-state index is 12.5. The van der Waals surface area contributed by atoms with E-state index in [1.165, 1.54) is 10.9 Å². The van der Waals surface area contributed by atoms with Crippen LogP contribution in [-0.2, 0) is 11.8 Å². The number of nitrogens with zero attached hydrogens (tertiary/aromatic N) is 6. The Morgan fingerprint density at radius 3 is 2.63 bits per heavy atom. The smallest absolute Gasteiger partial charge is 0.413 e. The summed E-state index contributed by atoms with van der Waals surface area (Å²) in [4.78, 5) is 37.4. The minimum absolute atomic E-state index is 0.256. The number of nitrogens with one attached hydrogen (secondary N) is 2. The van der Waals surface area contributed by atoms with Gasteiger partial charge in [-0.3, -0.25) is 20.1 Å². The Labute approximate surface area is 205 Å². The Bertz CT molecular complexity index is 1370. The molecular formula is C23H21ClN8O3. The zero-order chi connectivity index (χ0) is 24.9. The SMILES string of the molecule is Cc1cc(C(=O)Nc2ccc(-c3nnn(C)c3NC(=O)O[C@H](C)c3cccnc3Cl)nc2)ccn1. The summed E-state index contributed by atoms with van der Waals surface area (Å²) in [5, 5.41) is 13.7. The maximum absolute atomic E-state index is 12.5. The summed E-state index contributed by atoms with van der Waals surface area (Å²) in [5.74, 6) is 0.00789. The molecule has 0 radical (unpaired) electrons. The molecule has 0 saturated heterocycles. The standard InChI is InChI=1S/C23H21ClN8O3/c1-13-11-15(8-10-25-13)22(33)28-16-6-7-18(27-12-16)19-21(32(3)31-30-19)29-23(34)35-14(2)17-5-4-9-26-20(17)24/h4-12,14H,1-3H3,(H,28,33)(H,29,34)/t14-/m1/s1. The minimum atomic E-state index is -0.722. The fourth-order valence-corrected chi connectivity index (χ4v) is 3.49. The number of hydrogen-bond acceptors (Lipinski definition) is 8. The molecule has 0 unspecified atom stereocenters. The molecule has 2 amide bonds. The highest BCUT2D eigenvalue weighted by Crippen LogP contribution is 2.26. The average molecular weight is 493 g/mol. The van der Waals surface area contributed by atoms with E-state index in [4.69, 9.17) is 16.3 Å². The van der Waals surface area contributed by atoms with Gasteiger partial charge in [0.2, 0.25) is 0 Å². The van der Waals surface area contributed by atoms with Gasteiger partial charge >= 0.3 is 6.09 Å². The van der Waals surface area contributed by atoms with Crippen molar-refractivity contribution in [2.24, 2.45) is 7.05 Å². The van der Waals surface area contributed by atoms with Crippen LogP contribution >= 0.6 is 11.6 Å². The first-order valence-corrected chi connectivity index (χ1v) is 10.9. The highest BCUT2D eigenvalue weighted by molar-refractivity contribution is 6.30. The first kappa shape index (κ1) is 23.8. The van der Waals surface area contributed by atoms with Gasteiger partial charge in [0.25, 0.3) is 5.91 Å². The van der Waals surface area contributed by atoms with Crippen LogP contribution < -0.4 is 10.6 Å². The predicted octanol–water partition coefficient (Wildman–Crippen LogP) is 4.19. The van der Waals surface area contributed by atoms with Gasteiger partial charge in [0, 0.05) is 36.3 Å². The molecule has 0 aromatic carbocycles. The Morgan fingerprint density at radius 2 is 1.91 bits per heavy atom. The lowest BCUT2D eigenvalue weighted by molar-refractivity contribution is 0.102. The third-order valence-electron chi connectivity index (χ3n) is 4.98. The molecule has 35 heavy (non-hydrogen) atoms. The summed E-state index contributed by atoms with van der Waals surface area (Å²) in [6, 6.07) is 10.1. The third-order valence-corrected chi connectivity index (χ3v) is 5.30. The zero-order valence-electron chi connectivity index (χ0n) is 19.1. The number of carbonyl (C=O) groups excluding carboxylic acids is 2. The van der Waals surface area contributed by atoms with Crippen LogP contribution in [0.3, 0.4) is 0 Å². The van der Waals surface area contributed by atoms with Gasteiger partial charge in [-0.2, -0.15) is 0 Å². The van der Waals surface area contributed by atoms with E-state index in [0.29, 0.717) is 28.2 Å². The van der Waals surface area contributed by atoms with Crippen molar-refractivity contribution < 1.29 is 14.3 Å². The molecule has 11 nitrogen and oxygen atoms in total. The normalized spacial score (nSPS) is 11.5. The van der Waals surface area contributed by atoms with E-state index in [0.717, 1.165) is 5.69 Å². The molecule has 0 bridgehead atoms. The van der Waals surface area contributed by atoms with Crippen molar-refractivity contribution in [2.75, 3.05) is 10.6 Å². The first-order valence-electron chi connectivity index (χ1n) is 10.5. The number of rotatable bonds is 6. The van der Waals surface area contributed by atoms with Crippen molar-refractivity contribution in [3.05, 3.63) is 77.0 Å². The van der Waals surface area contributed by atoms with Crippen LogP contribution in [0, 0.1) is 6.92 Å². The number of hydrogen-bond donors (Lipinski definition) is 2. The molecular weight excluding hydrogens is 472 g/mol. The van der Waals surface area contributed by atoms with E-state index in [2.05, 4.69) is 35.9 Å². The highest BCUT2D eigenvalue weighted by atomic mass is 35.5. The van der Waals surface area contributed by atoms with Crippen LogP contribution in [0.15, 0.2) is 55.0 Å². The lowest BCUT2D eigenvalue weighted by Crippen LogP contribution is -2.18. The molecule has 0 saturated carbocycles. The lowest BCUT2D eigenvalue weighted by Gasteiger charge is -2.15. The van der Waals surface area contributed by atoms with Crippen molar-refractivity contribution in [1.82, 2.24) is 29.9 Å². The third kappa shape index (κ3) is 5.58. The van der Waals surface area contributed by atoms with Gasteiger partial charge < -0.3 is 10.1 Å². The number of halogens is 1. The summed E-state index contributed by atoms with van der Waals surface area (Å²) >= 11 is 6.08. The second kappa shape index (κ2) is 10.3. The first-order chi connectivity index (χ1) is 16.8. The molecule has 2 N–H and O–H groups in total. The Hall–Kier alpha value is -4.38. The number of pyridine rings is 3. The van der Waals surface area contributed by atoms with Crippen LogP contribution in [0.5, 0.6) is 0 Å². The van der Waals surface area contributed by atoms with E-state index < -0.39 is 12.2 Å². The van der Waals surface area contributed by atoms with E-state index >= 15 is 0 Å². The van der Waals surface area contributed by atoms with Crippen LogP contribution in [-0.4, -0.2) is 41.9 Å². The van der Waals surface area contributed by atoms with Gasteiger partial charge in [-0.15, -0.1) is 5.10 Å². The summed E-state index contributed by atoms with van der Waals surface area (Å²) in [6.07, 6.45) is 3.26. The van der Waals surface area contributed by atoms with Gasteiger partial charge in [0.05, 0.1) is 17.6 Å². The van der Waals surface area contributed by atoms with Gasteiger partial charge in [-0.1, -0.05) is 22.9 Å². The molecule has 12 heteroatoms. The number of ether oxygens (including phenoxy) is 1. The molecule has 0 aliphatic rings. The second-order valence-corrected chi connectivity index (χ2v) is 7.90. The fourth-order valence-electron chi connectivity index (χ4n) is 3.22. The van der Waals surface area contributed by atoms with E-state index in [1.807, 2.05) is 6.92 Å². The molecule has 4 heterocycles. The van der Waals surface area contributed by atoms with Crippen molar-refractivity contribution in [3.63, 3.8) is 0 Å². The topological polar surface area (TPSA) is 137 Å². The zero-order valence-corrected chi connectivity index (χ0v) is 19.8. The number of amides is 2. The highest BCUT2D eigenvalue weighted by Gasteiger charge is 2.20. The van der Waals surface area contributed by atoms with Crippen LogP contribution in [0.4, 0.5) is 16.3 Å². The Kier molecular flexibility index (Phi) is 6.97. The molecule has 4 aromatic rings. The number of aryl methyl sites for hydroxylation is 2. The van der Waals surface area contributed by atoms with Gasteiger partial charge in [-0.05, 0) is 44.2 Å². The molecule has 1 atom stereocenters. The molecule has 178 valence electrons. The number of aromatic nitrogens is 6. The van der Waals surface area contributed by atoms with Crippen molar-refractivity contribution in [2.45, 2.75) is 20.0 Å². The Balaban J connectivity index is 1.45. The summed E-state index contributed by atoms with van der Waals surface area (Å²) < 4.78 is 6.82. The molecule has 0 aliphatic carbocycles. The molecule has 4 aromatic heterocycles. The second-order valence-electron chi connectivity index (χ2n) is 7.54. The van der Waals surface area contributed by atoms with Crippen LogP contribution in [0.2, 0.25) is 5.15 Å². The number of anilines is 2. The van der Waals surface area contributed by atoms with E-state index in [9.17, 15) is 9.59 Å². The van der Waals surface area contributed by atoms with E-state index in [1.54, 1.807) is 62.8 Å². The molecule has 0 aliphatic heterocycles. The van der Waals surface area contributed by atoms with Crippen LogP contribution in [0.25, 0.3) is 11.4 Å². The Morgan fingerprint density at radius 1 is 1.09 bits per heavy atom. The number of carbonyl (C=O) groups is 2.